The highest BCUT2D eigenvalue weighted by Crippen LogP contribution is 2.52. The quantitative estimate of drug-likeness (QED) is 0.462. The third-order valence-corrected chi connectivity index (χ3v) is 8.55. The lowest BCUT2D eigenvalue weighted by Crippen LogP contribution is -2.44. The van der Waals surface area contributed by atoms with Gasteiger partial charge in [-0.3, -0.25) is 0 Å². The van der Waals surface area contributed by atoms with Gasteiger partial charge in [0, 0.05) is 36.7 Å². The van der Waals surface area contributed by atoms with Gasteiger partial charge in [0.2, 0.25) is 0 Å². The third kappa shape index (κ3) is 3.97. The fraction of sp³-hybridized carbons (Fsp3) is 0.565. The Hall–Kier alpha value is -1.79. The molecule has 2 saturated carbocycles. The molecule has 154 valence electrons. The van der Waals surface area contributed by atoms with Crippen molar-refractivity contribution in [2.24, 2.45) is 0 Å². The monoisotopic (exact) mass is 411 g/mol. The van der Waals surface area contributed by atoms with Gasteiger partial charge in [0.05, 0.1) is 19.3 Å². The largest absolute Gasteiger partial charge is 0.399 e. The maximum atomic E-state index is 5.91. The SMILES string of the molecule is C[C@H]1COCCN1c1cc(C2([SH+]C3CCCC3)CC2)nc(-c2ccc(N)cc2)n1. The highest BCUT2D eigenvalue weighted by Gasteiger charge is 2.56. The van der Waals surface area contributed by atoms with Crippen LogP contribution >= 0.6 is 0 Å². The Morgan fingerprint density at radius 3 is 2.59 bits per heavy atom. The van der Waals surface area contributed by atoms with Crippen molar-refractivity contribution in [2.75, 3.05) is 30.4 Å². The summed E-state index contributed by atoms with van der Waals surface area (Å²) < 4.78 is 5.90. The minimum atomic E-state index is 0.241. The summed E-state index contributed by atoms with van der Waals surface area (Å²) >= 11 is 1.59. The molecule has 2 heterocycles. The molecule has 0 bridgehead atoms. The van der Waals surface area contributed by atoms with Gasteiger partial charge in [-0.15, -0.1) is 0 Å². The number of rotatable bonds is 5. The molecular weight excluding hydrogens is 380 g/mol. The topological polar surface area (TPSA) is 64.3 Å². The summed E-state index contributed by atoms with van der Waals surface area (Å²) in [6.45, 7) is 4.61. The number of hydrogen-bond acceptors (Lipinski definition) is 5. The smallest absolute Gasteiger partial charge is 0.168 e. The second kappa shape index (κ2) is 7.80. The van der Waals surface area contributed by atoms with Gasteiger partial charge in [-0.2, -0.15) is 0 Å². The molecule has 2 N–H and O–H groups in total. The molecule has 0 spiro atoms. The maximum absolute atomic E-state index is 5.91. The Morgan fingerprint density at radius 2 is 1.90 bits per heavy atom. The molecule has 1 atom stereocenters. The highest BCUT2D eigenvalue weighted by molar-refractivity contribution is 7.80. The van der Waals surface area contributed by atoms with E-state index < -0.39 is 0 Å². The zero-order valence-corrected chi connectivity index (χ0v) is 18.1. The van der Waals surface area contributed by atoms with E-state index in [4.69, 9.17) is 20.4 Å². The van der Waals surface area contributed by atoms with Crippen molar-refractivity contribution in [3.63, 3.8) is 0 Å². The standard InChI is InChI=1S/C23H30N4OS/c1-16-15-28-13-12-27(16)21-14-20(23(10-11-23)29-19-4-2-3-5-19)25-22(26-21)17-6-8-18(24)9-7-17/h6-9,14,16,19H,2-5,10-13,15,24H2,1H3/p+1/t16-/m0/s1. The predicted octanol–water partition coefficient (Wildman–Crippen LogP) is 3.70. The summed E-state index contributed by atoms with van der Waals surface area (Å²) in [7, 11) is 0. The van der Waals surface area contributed by atoms with E-state index in [2.05, 4.69) is 17.9 Å². The van der Waals surface area contributed by atoms with Crippen LogP contribution in [0, 0.1) is 0 Å². The molecule has 2 aromatic rings. The Labute approximate surface area is 177 Å². The number of nitrogens with zero attached hydrogens (tertiary/aromatic N) is 3. The predicted molar refractivity (Wildman–Crippen MR) is 121 cm³/mol. The number of nitrogen functional groups attached to an aromatic ring is 1. The Kier molecular flexibility index (Phi) is 5.16. The van der Waals surface area contributed by atoms with E-state index in [1.165, 1.54) is 44.2 Å². The summed E-state index contributed by atoms with van der Waals surface area (Å²) in [5.41, 5.74) is 8.95. The van der Waals surface area contributed by atoms with Gasteiger partial charge >= 0.3 is 0 Å². The summed E-state index contributed by atoms with van der Waals surface area (Å²) in [5, 5.41) is 0.846. The van der Waals surface area contributed by atoms with Crippen LogP contribution in [-0.4, -0.2) is 41.0 Å². The van der Waals surface area contributed by atoms with E-state index in [1.54, 1.807) is 11.8 Å². The van der Waals surface area contributed by atoms with Crippen molar-refractivity contribution >= 4 is 23.3 Å². The van der Waals surface area contributed by atoms with Crippen LogP contribution in [0.3, 0.4) is 0 Å². The first kappa shape index (κ1) is 19.2. The number of hydrogen-bond donors (Lipinski definition) is 1. The van der Waals surface area contributed by atoms with E-state index in [-0.39, 0.29) is 4.75 Å². The van der Waals surface area contributed by atoms with Crippen molar-refractivity contribution in [1.29, 1.82) is 0 Å². The molecule has 1 aromatic carbocycles. The van der Waals surface area contributed by atoms with Gasteiger partial charge in [-0.05, 0) is 68.6 Å². The Bertz CT molecular complexity index is 862. The van der Waals surface area contributed by atoms with Crippen LogP contribution in [0.4, 0.5) is 11.5 Å². The van der Waals surface area contributed by atoms with Gasteiger partial charge in [-0.1, -0.05) is 0 Å². The number of benzene rings is 1. The van der Waals surface area contributed by atoms with Crippen LogP contribution in [0.25, 0.3) is 11.4 Å². The average Bonchev–Trinajstić information content (AvgIpc) is 3.34. The minimum absolute atomic E-state index is 0.241. The molecule has 0 radical (unpaired) electrons. The lowest BCUT2D eigenvalue weighted by Gasteiger charge is -2.34. The van der Waals surface area contributed by atoms with Crippen LogP contribution in [0.2, 0.25) is 0 Å². The zero-order chi connectivity index (χ0) is 19.8. The summed E-state index contributed by atoms with van der Waals surface area (Å²) in [4.78, 5) is 12.5. The number of anilines is 2. The fourth-order valence-electron chi connectivity index (χ4n) is 4.60. The molecule has 0 unspecified atom stereocenters. The fourth-order valence-corrected chi connectivity index (χ4v) is 6.54. The molecule has 1 aliphatic heterocycles. The number of thiol groups is 1. The van der Waals surface area contributed by atoms with E-state index in [0.29, 0.717) is 6.04 Å². The number of nitrogens with two attached hydrogens (primary N) is 1. The number of ether oxygens (including phenoxy) is 1. The molecule has 2 aliphatic carbocycles. The Balaban J connectivity index is 1.53. The lowest BCUT2D eigenvalue weighted by atomic mass is 10.1. The summed E-state index contributed by atoms with van der Waals surface area (Å²) in [5.74, 6) is 1.87. The third-order valence-electron chi connectivity index (χ3n) is 6.50. The van der Waals surface area contributed by atoms with Gasteiger partial charge in [-0.25, -0.2) is 9.97 Å². The lowest BCUT2D eigenvalue weighted by molar-refractivity contribution is 0.0985. The number of aromatic nitrogens is 2. The van der Waals surface area contributed by atoms with Crippen LogP contribution in [0.15, 0.2) is 30.3 Å². The molecule has 29 heavy (non-hydrogen) atoms. The molecule has 1 saturated heterocycles. The molecule has 6 heteroatoms. The highest BCUT2D eigenvalue weighted by atomic mass is 32.2. The number of morpholine rings is 1. The van der Waals surface area contributed by atoms with Gasteiger partial charge in [0.15, 0.2) is 10.6 Å². The molecule has 3 fully saturated rings. The first-order valence-electron chi connectivity index (χ1n) is 10.9. The van der Waals surface area contributed by atoms with Crippen molar-refractivity contribution in [2.45, 2.75) is 61.5 Å². The van der Waals surface area contributed by atoms with E-state index in [9.17, 15) is 0 Å². The van der Waals surface area contributed by atoms with E-state index >= 15 is 0 Å². The normalized spacial score (nSPS) is 24.0. The average molecular weight is 412 g/mol. The molecule has 5 rings (SSSR count). The summed E-state index contributed by atoms with van der Waals surface area (Å²) in [6, 6.07) is 10.5. The van der Waals surface area contributed by atoms with Crippen LogP contribution in [-0.2, 0) is 21.2 Å². The first-order valence-corrected chi connectivity index (χ1v) is 11.9. The Morgan fingerprint density at radius 1 is 1.14 bits per heavy atom. The molecule has 1 aromatic heterocycles. The first-order chi connectivity index (χ1) is 14.1. The van der Waals surface area contributed by atoms with Crippen LogP contribution < -0.4 is 10.6 Å². The van der Waals surface area contributed by atoms with Gasteiger partial charge in [0.25, 0.3) is 0 Å². The van der Waals surface area contributed by atoms with Crippen molar-refractivity contribution in [1.82, 2.24) is 9.97 Å². The second-order valence-corrected chi connectivity index (χ2v) is 10.6. The minimum Gasteiger partial charge on any atom is -0.399 e. The summed E-state index contributed by atoms with van der Waals surface area (Å²) in [6.07, 6.45) is 8.05. The van der Waals surface area contributed by atoms with E-state index in [0.717, 1.165) is 47.9 Å². The van der Waals surface area contributed by atoms with Crippen LogP contribution in [0.5, 0.6) is 0 Å². The van der Waals surface area contributed by atoms with Crippen LogP contribution in [0.1, 0.15) is 51.1 Å². The second-order valence-electron chi connectivity index (χ2n) is 8.77. The van der Waals surface area contributed by atoms with Gasteiger partial charge in [0.1, 0.15) is 16.8 Å². The van der Waals surface area contributed by atoms with E-state index in [1.807, 2.05) is 24.3 Å². The molecule has 5 nitrogen and oxygen atoms in total. The maximum Gasteiger partial charge on any atom is 0.168 e. The molecule has 3 aliphatic rings. The molecular formula is C23H31N4OS+. The van der Waals surface area contributed by atoms with Gasteiger partial charge < -0.3 is 15.4 Å². The van der Waals surface area contributed by atoms with Crippen molar-refractivity contribution in [3.8, 4) is 11.4 Å². The van der Waals surface area contributed by atoms with Crippen molar-refractivity contribution < 1.29 is 4.74 Å². The van der Waals surface area contributed by atoms with Crippen molar-refractivity contribution in [3.05, 3.63) is 36.0 Å². The zero-order valence-electron chi connectivity index (χ0n) is 17.2. The molecule has 0 amide bonds.